The molecule has 0 aliphatic rings. The van der Waals surface area contributed by atoms with Crippen molar-refractivity contribution < 1.29 is 8.83 Å². The van der Waals surface area contributed by atoms with E-state index in [1.165, 1.54) is 0 Å². The molecule has 3 heteroatoms. The first-order chi connectivity index (χ1) is 19.8. The minimum atomic E-state index is 0.625. The van der Waals surface area contributed by atoms with E-state index in [-0.39, 0.29) is 0 Å². The second kappa shape index (κ2) is 8.73. The van der Waals surface area contributed by atoms with E-state index >= 15 is 0 Å². The minimum Gasteiger partial charge on any atom is -0.456 e. The minimum absolute atomic E-state index is 0.625. The van der Waals surface area contributed by atoms with Gasteiger partial charge in [0, 0.05) is 27.1 Å². The molecule has 0 atom stereocenters. The number of hydrogen-bond acceptors (Lipinski definition) is 3. The van der Waals surface area contributed by atoms with Crippen LogP contribution < -0.4 is 0 Å². The highest BCUT2D eigenvalue weighted by Gasteiger charge is 2.17. The molecule has 0 saturated heterocycles. The molecule has 0 amide bonds. The zero-order valence-electron chi connectivity index (χ0n) is 21.4. The summed E-state index contributed by atoms with van der Waals surface area (Å²) >= 11 is 0. The molecule has 3 nitrogen and oxygen atoms in total. The first-order valence-corrected chi connectivity index (χ1v) is 13.2. The SMILES string of the molecule is N#Cc1cc(-c2ccc3c(c2)oc2ccccc23)c(-c2ccc3c(c2)oc2ccccc23)cc1-c1ccccc1. The van der Waals surface area contributed by atoms with Gasteiger partial charge in [-0.15, -0.1) is 0 Å². The summed E-state index contributed by atoms with van der Waals surface area (Å²) in [5.41, 5.74) is 9.92. The Hall–Kier alpha value is -5.59. The molecule has 0 radical (unpaired) electrons. The molecule has 0 fully saturated rings. The molecule has 2 heterocycles. The van der Waals surface area contributed by atoms with Crippen molar-refractivity contribution in [1.29, 1.82) is 5.26 Å². The van der Waals surface area contributed by atoms with Crippen LogP contribution in [0.4, 0.5) is 0 Å². The van der Waals surface area contributed by atoms with Crippen molar-refractivity contribution in [3.8, 4) is 39.4 Å². The van der Waals surface area contributed by atoms with E-state index in [4.69, 9.17) is 8.83 Å². The van der Waals surface area contributed by atoms with Crippen molar-refractivity contribution in [3.05, 3.63) is 133 Å². The summed E-state index contributed by atoms with van der Waals surface area (Å²) in [5, 5.41) is 14.6. The Kier molecular flexibility index (Phi) is 4.89. The summed E-state index contributed by atoms with van der Waals surface area (Å²) in [4.78, 5) is 0. The van der Waals surface area contributed by atoms with Gasteiger partial charge in [0.15, 0.2) is 0 Å². The molecule has 8 aromatic rings. The van der Waals surface area contributed by atoms with E-state index in [0.717, 1.165) is 77.3 Å². The number of nitriles is 1. The molecular formula is C37H21NO2. The maximum absolute atomic E-state index is 10.2. The van der Waals surface area contributed by atoms with Crippen molar-refractivity contribution in [2.24, 2.45) is 0 Å². The Morgan fingerprint density at radius 3 is 1.48 bits per heavy atom. The normalized spacial score (nSPS) is 11.5. The third-order valence-electron chi connectivity index (χ3n) is 7.74. The summed E-state index contributed by atoms with van der Waals surface area (Å²) in [5.74, 6) is 0. The number of furan rings is 2. The molecule has 0 aliphatic carbocycles. The highest BCUT2D eigenvalue weighted by molar-refractivity contribution is 6.08. The Morgan fingerprint density at radius 1 is 0.400 bits per heavy atom. The van der Waals surface area contributed by atoms with Gasteiger partial charge >= 0.3 is 0 Å². The van der Waals surface area contributed by atoms with E-state index in [1.807, 2.05) is 72.8 Å². The van der Waals surface area contributed by atoms with Crippen LogP contribution in [0, 0.1) is 11.3 Å². The standard InChI is InChI=1S/C37H21NO2/c38-22-26-18-32(24-14-16-29-27-10-4-6-12-34(27)39-36(29)19-24)33(21-31(26)23-8-2-1-3-9-23)25-15-17-30-28-11-5-7-13-35(28)40-37(30)20-25/h1-21H. The van der Waals surface area contributed by atoms with Crippen LogP contribution in [0.1, 0.15) is 5.56 Å². The van der Waals surface area contributed by atoms with Gasteiger partial charge in [-0.2, -0.15) is 5.26 Å². The molecule has 2 aromatic heterocycles. The molecule has 0 N–H and O–H groups in total. The van der Waals surface area contributed by atoms with Gasteiger partial charge in [-0.25, -0.2) is 0 Å². The smallest absolute Gasteiger partial charge is 0.136 e. The predicted molar refractivity (Wildman–Crippen MR) is 162 cm³/mol. The highest BCUT2D eigenvalue weighted by atomic mass is 16.3. The maximum Gasteiger partial charge on any atom is 0.136 e. The average Bonchev–Trinajstić information content (AvgIpc) is 3.58. The summed E-state index contributed by atoms with van der Waals surface area (Å²) in [6, 6.07) is 45.5. The second-order valence-corrected chi connectivity index (χ2v) is 10.0. The van der Waals surface area contributed by atoms with Crippen LogP contribution in [0.25, 0.3) is 77.3 Å². The molecule has 0 saturated carbocycles. The third-order valence-corrected chi connectivity index (χ3v) is 7.74. The lowest BCUT2D eigenvalue weighted by Gasteiger charge is -2.15. The second-order valence-electron chi connectivity index (χ2n) is 10.0. The Balaban J connectivity index is 1.40. The highest BCUT2D eigenvalue weighted by Crippen LogP contribution is 2.41. The first kappa shape index (κ1) is 22.4. The largest absolute Gasteiger partial charge is 0.456 e. The quantitative estimate of drug-likeness (QED) is 0.237. The van der Waals surface area contributed by atoms with Gasteiger partial charge < -0.3 is 8.83 Å². The van der Waals surface area contributed by atoms with Crippen molar-refractivity contribution in [1.82, 2.24) is 0 Å². The van der Waals surface area contributed by atoms with Crippen LogP contribution in [0.3, 0.4) is 0 Å². The Labute approximate surface area is 230 Å². The van der Waals surface area contributed by atoms with Crippen molar-refractivity contribution in [3.63, 3.8) is 0 Å². The lowest BCUT2D eigenvalue weighted by atomic mass is 9.87. The van der Waals surface area contributed by atoms with E-state index < -0.39 is 0 Å². The zero-order chi connectivity index (χ0) is 26.6. The fraction of sp³-hybridized carbons (Fsp3) is 0. The van der Waals surface area contributed by atoms with E-state index in [9.17, 15) is 5.26 Å². The van der Waals surface area contributed by atoms with Gasteiger partial charge in [0.1, 0.15) is 22.3 Å². The fourth-order valence-electron chi connectivity index (χ4n) is 5.81. The third kappa shape index (κ3) is 3.44. The maximum atomic E-state index is 10.2. The predicted octanol–water partition coefficient (Wildman–Crippen LogP) is 10.4. The number of fused-ring (bicyclic) bond motifs is 6. The molecule has 0 unspecified atom stereocenters. The Morgan fingerprint density at radius 2 is 0.900 bits per heavy atom. The van der Waals surface area contributed by atoms with Gasteiger partial charge in [-0.05, 0) is 76.3 Å². The summed E-state index contributed by atoms with van der Waals surface area (Å²) in [7, 11) is 0. The summed E-state index contributed by atoms with van der Waals surface area (Å²) in [6.07, 6.45) is 0. The van der Waals surface area contributed by atoms with Gasteiger partial charge in [0.05, 0.1) is 11.6 Å². The monoisotopic (exact) mass is 511 g/mol. The van der Waals surface area contributed by atoms with Crippen molar-refractivity contribution in [2.45, 2.75) is 0 Å². The van der Waals surface area contributed by atoms with Crippen LogP contribution in [-0.2, 0) is 0 Å². The van der Waals surface area contributed by atoms with Gasteiger partial charge in [-0.3, -0.25) is 0 Å². The van der Waals surface area contributed by atoms with Gasteiger partial charge in [0.25, 0.3) is 0 Å². The van der Waals surface area contributed by atoms with Crippen LogP contribution in [0.2, 0.25) is 0 Å². The van der Waals surface area contributed by atoms with Gasteiger partial charge in [-0.1, -0.05) is 78.9 Å². The lowest BCUT2D eigenvalue weighted by Crippen LogP contribution is -1.92. The van der Waals surface area contributed by atoms with Crippen molar-refractivity contribution in [2.75, 3.05) is 0 Å². The molecule has 0 spiro atoms. The number of nitrogens with zero attached hydrogens (tertiary/aromatic N) is 1. The van der Waals surface area contributed by atoms with Gasteiger partial charge in [0.2, 0.25) is 0 Å². The molecule has 0 aliphatic heterocycles. The van der Waals surface area contributed by atoms with E-state index in [1.54, 1.807) is 0 Å². The summed E-state index contributed by atoms with van der Waals surface area (Å²) < 4.78 is 12.5. The fourth-order valence-corrected chi connectivity index (χ4v) is 5.81. The van der Waals surface area contributed by atoms with E-state index in [0.29, 0.717) is 5.56 Å². The zero-order valence-corrected chi connectivity index (χ0v) is 21.4. The average molecular weight is 512 g/mol. The molecule has 6 aromatic carbocycles. The van der Waals surface area contributed by atoms with Crippen LogP contribution >= 0.6 is 0 Å². The molecule has 186 valence electrons. The van der Waals surface area contributed by atoms with Crippen LogP contribution in [-0.4, -0.2) is 0 Å². The molecule has 40 heavy (non-hydrogen) atoms. The summed E-state index contributed by atoms with van der Waals surface area (Å²) in [6.45, 7) is 0. The number of para-hydroxylation sites is 2. The number of rotatable bonds is 3. The molecular weight excluding hydrogens is 490 g/mol. The first-order valence-electron chi connectivity index (χ1n) is 13.2. The molecule has 8 rings (SSSR count). The van der Waals surface area contributed by atoms with Crippen LogP contribution in [0.15, 0.2) is 136 Å². The topological polar surface area (TPSA) is 50.1 Å². The molecule has 0 bridgehead atoms. The Bertz CT molecular complexity index is 2280. The van der Waals surface area contributed by atoms with Crippen molar-refractivity contribution >= 4 is 43.9 Å². The van der Waals surface area contributed by atoms with Crippen LogP contribution in [0.5, 0.6) is 0 Å². The van der Waals surface area contributed by atoms with E-state index in [2.05, 4.69) is 60.7 Å². The number of hydrogen-bond donors (Lipinski definition) is 0. The lowest BCUT2D eigenvalue weighted by molar-refractivity contribution is 0.668. The number of benzene rings is 6.